The number of benzene rings is 1. The van der Waals surface area contributed by atoms with Crippen LogP contribution in [0.25, 0.3) is 5.57 Å². The number of rotatable bonds is 3. The van der Waals surface area contributed by atoms with E-state index in [9.17, 15) is 8.42 Å². The van der Waals surface area contributed by atoms with Crippen LogP contribution in [0.1, 0.15) is 5.56 Å². The van der Waals surface area contributed by atoms with Gasteiger partial charge < -0.3 is 4.74 Å². The molecule has 4 nitrogen and oxygen atoms in total. The lowest BCUT2D eigenvalue weighted by molar-refractivity contribution is 0.368. The number of sulfone groups is 1. The molecule has 1 aromatic heterocycles. The molecule has 2 heterocycles. The summed E-state index contributed by atoms with van der Waals surface area (Å²) < 4.78 is 29.6. The van der Waals surface area contributed by atoms with Gasteiger partial charge in [-0.15, -0.1) is 0 Å². The Balaban J connectivity index is 1.93. The monoisotopic (exact) mass is 307 g/mol. The molecule has 1 aliphatic rings. The zero-order valence-corrected chi connectivity index (χ0v) is 11.9. The topological polar surface area (TPSA) is 56.3 Å². The van der Waals surface area contributed by atoms with Gasteiger partial charge >= 0.3 is 0 Å². The number of hydrogen-bond donors (Lipinski definition) is 0. The van der Waals surface area contributed by atoms with Gasteiger partial charge in [-0.2, -0.15) is 0 Å². The zero-order valence-electron chi connectivity index (χ0n) is 10.3. The SMILES string of the molecule is O=S1(=O)C=C(COc2cccnc2)c2c(Cl)cccc21. The molecule has 1 aromatic carbocycles. The summed E-state index contributed by atoms with van der Waals surface area (Å²) in [4.78, 5) is 4.16. The van der Waals surface area contributed by atoms with E-state index in [-0.39, 0.29) is 11.5 Å². The number of fused-ring (bicyclic) bond motifs is 1. The fourth-order valence-electron chi connectivity index (χ4n) is 2.06. The number of hydrogen-bond acceptors (Lipinski definition) is 4. The third kappa shape index (κ3) is 2.30. The molecule has 0 saturated heterocycles. The molecule has 0 saturated carbocycles. The summed E-state index contributed by atoms with van der Waals surface area (Å²) >= 11 is 6.10. The Labute approximate surface area is 121 Å². The van der Waals surface area contributed by atoms with E-state index in [0.29, 0.717) is 21.9 Å². The first-order chi connectivity index (χ1) is 9.58. The van der Waals surface area contributed by atoms with E-state index in [1.165, 1.54) is 5.41 Å². The third-order valence-electron chi connectivity index (χ3n) is 2.93. The van der Waals surface area contributed by atoms with Crippen LogP contribution in [0.5, 0.6) is 5.75 Å². The minimum Gasteiger partial charge on any atom is -0.487 e. The Bertz CT molecular complexity index is 785. The first-order valence-corrected chi connectivity index (χ1v) is 7.78. The molecule has 0 aliphatic carbocycles. The van der Waals surface area contributed by atoms with Crippen LogP contribution in [0.2, 0.25) is 5.02 Å². The Morgan fingerprint density at radius 3 is 2.80 bits per heavy atom. The van der Waals surface area contributed by atoms with Crippen LogP contribution in [0.3, 0.4) is 0 Å². The first-order valence-electron chi connectivity index (χ1n) is 5.85. The highest BCUT2D eigenvalue weighted by molar-refractivity contribution is 7.95. The van der Waals surface area contributed by atoms with Crippen molar-refractivity contribution in [1.82, 2.24) is 4.98 Å². The number of aromatic nitrogens is 1. The zero-order chi connectivity index (χ0) is 14.2. The van der Waals surface area contributed by atoms with Gasteiger partial charge in [0.2, 0.25) is 9.84 Å². The molecular weight excluding hydrogens is 298 g/mol. The molecule has 0 unspecified atom stereocenters. The molecule has 0 bridgehead atoms. The summed E-state index contributed by atoms with van der Waals surface area (Å²) in [6, 6.07) is 8.33. The number of ether oxygens (including phenoxy) is 1. The van der Waals surface area contributed by atoms with E-state index in [1.54, 1.807) is 42.7 Å². The third-order valence-corrected chi connectivity index (χ3v) is 4.79. The molecular formula is C14H10ClNO3S. The van der Waals surface area contributed by atoms with Gasteiger partial charge in [-0.25, -0.2) is 8.42 Å². The van der Waals surface area contributed by atoms with Gasteiger partial charge in [0.25, 0.3) is 0 Å². The van der Waals surface area contributed by atoms with Crippen molar-refractivity contribution in [3.8, 4) is 5.75 Å². The predicted octanol–water partition coefficient (Wildman–Crippen LogP) is 2.94. The van der Waals surface area contributed by atoms with Gasteiger partial charge in [-0.05, 0) is 24.3 Å². The van der Waals surface area contributed by atoms with Crippen LogP contribution in [0, 0.1) is 0 Å². The van der Waals surface area contributed by atoms with Crippen LogP contribution in [-0.4, -0.2) is 20.0 Å². The predicted molar refractivity (Wildman–Crippen MR) is 76.3 cm³/mol. The molecule has 0 N–H and O–H groups in total. The Hall–Kier alpha value is -1.85. The van der Waals surface area contributed by atoms with Crippen molar-refractivity contribution >= 4 is 27.0 Å². The van der Waals surface area contributed by atoms with E-state index in [4.69, 9.17) is 16.3 Å². The molecule has 0 radical (unpaired) electrons. The van der Waals surface area contributed by atoms with Crippen molar-refractivity contribution in [2.24, 2.45) is 0 Å². The summed E-state index contributed by atoms with van der Waals surface area (Å²) in [6.45, 7) is 0.127. The number of pyridine rings is 1. The van der Waals surface area contributed by atoms with E-state index in [2.05, 4.69) is 4.98 Å². The second-order valence-corrected chi connectivity index (χ2v) is 6.45. The lowest BCUT2D eigenvalue weighted by Gasteiger charge is -2.08. The number of halogens is 1. The summed E-state index contributed by atoms with van der Waals surface area (Å²) in [5.41, 5.74) is 1.08. The van der Waals surface area contributed by atoms with Crippen molar-refractivity contribution in [3.63, 3.8) is 0 Å². The molecule has 6 heteroatoms. The van der Waals surface area contributed by atoms with Gasteiger partial charge in [-0.1, -0.05) is 17.7 Å². The molecule has 0 spiro atoms. The Kier molecular flexibility index (Phi) is 3.23. The molecule has 0 fully saturated rings. The minimum absolute atomic E-state index is 0.127. The van der Waals surface area contributed by atoms with Gasteiger partial charge in [0.15, 0.2) is 0 Å². The molecule has 0 amide bonds. The second-order valence-electron chi connectivity index (χ2n) is 4.28. The van der Waals surface area contributed by atoms with Crippen molar-refractivity contribution in [2.75, 3.05) is 6.61 Å². The molecule has 0 atom stereocenters. The van der Waals surface area contributed by atoms with E-state index >= 15 is 0 Å². The summed E-state index contributed by atoms with van der Waals surface area (Å²) in [7, 11) is -3.42. The number of nitrogens with zero attached hydrogens (tertiary/aromatic N) is 1. The van der Waals surface area contributed by atoms with Crippen LogP contribution < -0.4 is 4.74 Å². The van der Waals surface area contributed by atoms with Crippen molar-refractivity contribution in [1.29, 1.82) is 0 Å². The van der Waals surface area contributed by atoms with Crippen LogP contribution in [-0.2, 0) is 9.84 Å². The average Bonchev–Trinajstić information content (AvgIpc) is 2.71. The van der Waals surface area contributed by atoms with Gasteiger partial charge in [0.05, 0.1) is 11.1 Å². The second kappa shape index (κ2) is 4.92. The van der Waals surface area contributed by atoms with E-state index in [0.717, 1.165) is 0 Å². The smallest absolute Gasteiger partial charge is 0.200 e. The highest BCUT2D eigenvalue weighted by atomic mass is 35.5. The summed E-state index contributed by atoms with van der Waals surface area (Å²) in [5.74, 6) is 0.575. The normalized spacial score (nSPS) is 15.6. The Morgan fingerprint density at radius 2 is 2.05 bits per heavy atom. The van der Waals surface area contributed by atoms with Gasteiger partial charge in [0.1, 0.15) is 12.4 Å². The van der Waals surface area contributed by atoms with Crippen molar-refractivity contribution < 1.29 is 13.2 Å². The maximum Gasteiger partial charge on any atom is 0.200 e. The van der Waals surface area contributed by atoms with Crippen molar-refractivity contribution in [2.45, 2.75) is 4.90 Å². The van der Waals surface area contributed by atoms with Gasteiger partial charge in [0, 0.05) is 27.8 Å². The molecule has 20 heavy (non-hydrogen) atoms. The Morgan fingerprint density at radius 1 is 1.20 bits per heavy atom. The first kappa shape index (κ1) is 13.1. The molecule has 1 aliphatic heterocycles. The maximum atomic E-state index is 12.0. The quantitative estimate of drug-likeness (QED) is 0.875. The molecule has 102 valence electrons. The summed E-state index contributed by atoms with van der Waals surface area (Å²) in [5, 5.41) is 1.62. The fourth-order valence-corrected chi connectivity index (χ4v) is 3.90. The highest BCUT2D eigenvalue weighted by Gasteiger charge is 2.28. The maximum absolute atomic E-state index is 12.0. The minimum atomic E-state index is -3.42. The molecule has 3 rings (SSSR count). The van der Waals surface area contributed by atoms with Gasteiger partial charge in [-0.3, -0.25) is 4.98 Å². The highest BCUT2D eigenvalue weighted by Crippen LogP contribution is 2.38. The lowest BCUT2D eigenvalue weighted by Crippen LogP contribution is -2.00. The average molecular weight is 308 g/mol. The van der Waals surface area contributed by atoms with Crippen LogP contribution in [0.4, 0.5) is 0 Å². The summed E-state index contributed by atoms with van der Waals surface area (Å²) in [6.07, 6.45) is 3.20. The van der Waals surface area contributed by atoms with Crippen LogP contribution in [0.15, 0.2) is 53.0 Å². The van der Waals surface area contributed by atoms with E-state index in [1.807, 2.05) is 0 Å². The van der Waals surface area contributed by atoms with Crippen molar-refractivity contribution in [3.05, 3.63) is 58.7 Å². The van der Waals surface area contributed by atoms with Crippen LogP contribution >= 0.6 is 11.6 Å². The molecule has 2 aromatic rings. The fraction of sp³-hybridized carbons (Fsp3) is 0.0714. The van der Waals surface area contributed by atoms with E-state index < -0.39 is 9.84 Å². The standard InChI is InChI=1S/C14H10ClNO3S/c15-12-4-1-5-13-14(12)10(9-20(13,17)18)8-19-11-3-2-6-16-7-11/h1-7,9H,8H2. The largest absolute Gasteiger partial charge is 0.487 e. The lowest BCUT2D eigenvalue weighted by atomic mass is 10.1.